The van der Waals surface area contributed by atoms with Crippen molar-refractivity contribution in [2.45, 2.75) is 44.4 Å². The van der Waals surface area contributed by atoms with Crippen molar-refractivity contribution in [3.63, 3.8) is 0 Å². The first-order chi connectivity index (χ1) is 15.5. The number of carbonyl (C=O) groups is 1. The van der Waals surface area contributed by atoms with E-state index in [1.807, 2.05) is 29.5 Å². The van der Waals surface area contributed by atoms with Crippen molar-refractivity contribution in [3.05, 3.63) is 70.3 Å². The summed E-state index contributed by atoms with van der Waals surface area (Å²) in [6.45, 7) is 4.48. The van der Waals surface area contributed by atoms with Crippen LogP contribution in [0, 0.1) is 5.82 Å². The summed E-state index contributed by atoms with van der Waals surface area (Å²) in [6, 6.07) is 13.2. The Hall–Kier alpha value is -3.20. The lowest BCUT2D eigenvalue weighted by Crippen LogP contribution is -2.28. The zero-order valence-corrected chi connectivity index (χ0v) is 18.7. The number of nitrogens with zero attached hydrogens (tertiary/aromatic N) is 4. The second kappa shape index (κ2) is 9.52. The Morgan fingerprint density at radius 2 is 1.91 bits per heavy atom. The molecule has 2 heterocycles. The summed E-state index contributed by atoms with van der Waals surface area (Å²) in [5, 5.41) is 12.6. The number of fused-ring (bicyclic) bond motifs is 3. The van der Waals surface area contributed by atoms with E-state index in [4.69, 9.17) is 0 Å². The van der Waals surface area contributed by atoms with Gasteiger partial charge in [-0.15, -0.1) is 10.2 Å². The van der Waals surface area contributed by atoms with Crippen LogP contribution >= 0.6 is 11.8 Å². The molecule has 0 aliphatic carbocycles. The van der Waals surface area contributed by atoms with Gasteiger partial charge in [0.15, 0.2) is 5.16 Å². The maximum Gasteiger partial charge on any atom is 0.262 e. The number of thioether (sulfide) groups is 1. The molecule has 0 radical (unpaired) electrons. The van der Waals surface area contributed by atoms with Crippen LogP contribution in [0.5, 0.6) is 0 Å². The van der Waals surface area contributed by atoms with Crippen molar-refractivity contribution in [3.8, 4) is 0 Å². The van der Waals surface area contributed by atoms with Crippen LogP contribution in [0.15, 0.2) is 58.5 Å². The summed E-state index contributed by atoms with van der Waals surface area (Å²) in [6.07, 6.45) is 1.81. The normalized spacial score (nSPS) is 12.3. The highest BCUT2D eigenvalue weighted by Gasteiger charge is 2.18. The summed E-state index contributed by atoms with van der Waals surface area (Å²) in [7, 11) is 0. The highest BCUT2D eigenvalue weighted by atomic mass is 32.2. The molecule has 4 aromatic rings. The van der Waals surface area contributed by atoms with Crippen molar-refractivity contribution >= 4 is 34.3 Å². The number of rotatable bonds is 8. The Morgan fingerprint density at radius 3 is 2.66 bits per heavy atom. The number of halogens is 1. The van der Waals surface area contributed by atoms with E-state index in [1.165, 1.54) is 23.9 Å². The molecule has 1 amide bonds. The van der Waals surface area contributed by atoms with Gasteiger partial charge in [0.1, 0.15) is 5.82 Å². The number of carbonyl (C=O) groups excluding carboxylic acids is 1. The van der Waals surface area contributed by atoms with Gasteiger partial charge in [-0.2, -0.15) is 0 Å². The minimum Gasteiger partial charge on any atom is -0.349 e. The Morgan fingerprint density at radius 1 is 1.16 bits per heavy atom. The summed E-state index contributed by atoms with van der Waals surface area (Å²) in [5.74, 6) is 0.123. The topological polar surface area (TPSA) is 81.3 Å². The van der Waals surface area contributed by atoms with Gasteiger partial charge in [0.2, 0.25) is 11.7 Å². The molecule has 0 spiro atoms. The molecule has 4 rings (SSSR count). The van der Waals surface area contributed by atoms with Crippen LogP contribution < -0.4 is 10.9 Å². The van der Waals surface area contributed by atoms with Gasteiger partial charge >= 0.3 is 0 Å². The SMILES string of the molecule is CCCCn1c(=O)c2ccccc2n2c(SCC(=O)N[C@@H](C)c3ccc(F)cc3)nnc12. The molecular weight excluding hydrogens is 429 g/mol. The number of hydrogen-bond donors (Lipinski definition) is 1. The van der Waals surface area contributed by atoms with Crippen LogP contribution in [0.4, 0.5) is 4.39 Å². The maximum atomic E-state index is 13.1. The number of aromatic nitrogens is 4. The van der Waals surface area contributed by atoms with Gasteiger partial charge in [0.05, 0.1) is 22.7 Å². The van der Waals surface area contributed by atoms with E-state index in [1.54, 1.807) is 22.8 Å². The monoisotopic (exact) mass is 453 g/mol. The molecule has 0 saturated carbocycles. The fraction of sp³-hybridized carbons (Fsp3) is 0.304. The van der Waals surface area contributed by atoms with Crippen LogP contribution in [-0.2, 0) is 11.3 Å². The molecule has 0 fully saturated rings. The molecular formula is C23H24FN5O2S. The van der Waals surface area contributed by atoms with E-state index in [0.29, 0.717) is 28.4 Å². The van der Waals surface area contributed by atoms with Crippen LogP contribution in [-0.4, -0.2) is 30.8 Å². The van der Waals surface area contributed by atoms with E-state index in [0.717, 1.165) is 18.4 Å². The van der Waals surface area contributed by atoms with Crippen LogP contribution in [0.2, 0.25) is 0 Å². The van der Waals surface area contributed by atoms with Crippen molar-refractivity contribution in [1.29, 1.82) is 0 Å². The van der Waals surface area contributed by atoms with Crippen molar-refractivity contribution in [2.75, 3.05) is 5.75 Å². The Bertz CT molecular complexity index is 1320. The third-order valence-electron chi connectivity index (χ3n) is 5.29. The van der Waals surface area contributed by atoms with Crippen LogP contribution in [0.1, 0.15) is 38.3 Å². The number of para-hydroxylation sites is 1. The summed E-state index contributed by atoms with van der Waals surface area (Å²) in [5.41, 5.74) is 1.45. The summed E-state index contributed by atoms with van der Waals surface area (Å²) < 4.78 is 16.6. The van der Waals surface area contributed by atoms with Crippen LogP contribution in [0.3, 0.4) is 0 Å². The molecule has 1 atom stereocenters. The molecule has 1 N–H and O–H groups in total. The van der Waals surface area contributed by atoms with E-state index in [2.05, 4.69) is 22.4 Å². The van der Waals surface area contributed by atoms with E-state index >= 15 is 0 Å². The van der Waals surface area contributed by atoms with Gasteiger partial charge in [-0.3, -0.25) is 18.6 Å². The lowest BCUT2D eigenvalue weighted by molar-refractivity contribution is -0.119. The molecule has 0 aliphatic rings. The molecule has 166 valence electrons. The highest BCUT2D eigenvalue weighted by molar-refractivity contribution is 7.99. The molecule has 0 aliphatic heterocycles. The first-order valence-corrected chi connectivity index (χ1v) is 11.5. The number of nitrogens with one attached hydrogen (secondary N) is 1. The number of benzene rings is 2. The van der Waals surface area contributed by atoms with Gasteiger partial charge < -0.3 is 5.32 Å². The zero-order chi connectivity index (χ0) is 22.7. The Labute approximate surface area is 188 Å². The number of unbranched alkanes of at least 4 members (excludes halogenated alkanes) is 1. The Balaban J connectivity index is 1.58. The fourth-order valence-corrected chi connectivity index (χ4v) is 4.34. The second-order valence-corrected chi connectivity index (χ2v) is 8.52. The smallest absolute Gasteiger partial charge is 0.262 e. The van der Waals surface area contributed by atoms with E-state index in [-0.39, 0.29) is 29.1 Å². The maximum absolute atomic E-state index is 13.1. The minimum atomic E-state index is -0.314. The van der Waals surface area contributed by atoms with E-state index < -0.39 is 0 Å². The van der Waals surface area contributed by atoms with Gasteiger partial charge in [0, 0.05) is 6.54 Å². The average molecular weight is 454 g/mol. The van der Waals surface area contributed by atoms with Gasteiger partial charge in [-0.05, 0) is 43.2 Å². The predicted molar refractivity (Wildman–Crippen MR) is 123 cm³/mol. The molecule has 2 aromatic heterocycles. The molecule has 7 nitrogen and oxygen atoms in total. The van der Waals surface area contributed by atoms with Crippen LogP contribution in [0.25, 0.3) is 16.7 Å². The predicted octanol–water partition coefficient (Wildman–Crippen LogP) is 3.95. The standard InChI is InChI=1S/C23H24FN5O2S/c1-3-4-13-28-21(31)18-7-5-6-8-19(18)29-22(28)26-27-23(29)32-14-20(30)25-15(2)16-9-11-17(24)12-10-16/h5-12,15H,3-4,13-14H2,1-2H3,(H,25,30)/t15-/m0/s1. The average Bonchev–Trinajstić information content (AvgIpc) is 3.22. The first-order valence-electron chi connectivity index (χ1n) is 10.5. The first kappa shape index (κ1) is 22.0. The molecule has 0 saturated heterocycles. The fourth-order valence-electron chi connectivity index (χ4n) is 3.59. The van der Waals surface area contributed by atoms with Gasteiger partial charge in [-0.1, -0.05) is 49.4 Å². The van der Waals surface area contributed by atoms with Gasteiger partial charge in [-0.25, -0.2) is 4.39 Å². The van der Waals surface area contributed by atoms with Crippen molar-refractivity contribution in [1.82, 2.24) is 24.5 Å². The molecule has 32 heavy (non-hydrogen) atoms. The third kappa shape index (κ3) is 4.38. The second-order valence-electron chi connectivity index (χ2n) is 7.57. The van der Waals surface area contributed by atoms with E-state index in [9.17, 15) is 14.0 Å². The molecule has 0 bridgehead atoms. The summed E-state index contributed by atoms with van der Waals surface area (Å²) in [4.78, 5) is 25.5. The quantitative estimate of drug-likeness (QED) is 0.409. The third-order valence-corrected chi connectivity index (χ3v) is 6.22. The van der Waals surface area contributed by atoms with Crippen molar-refractivity contribution in [2.24, 2.45) is 0 Å². The molecule has 9 heteroatoms. The lowest BCUT2D eigenvalue weighted by Gasteiger charge is -2.14. The zero-order valence-electron chi connectivity index (χ0n) is 17.9. The summed E-state index contributed by atoms with van der Waals surface area (Å²) >= 11 is 1.26. The minimum absolute atomic E-state index is 0.0867. The van der Waals surface area contributed by atoms with Crippen molar-refractivity contribution < 1.29 is 9.18 Å². The number of aryl methyl sites for hydroxylation is 1. The Kier molecular flexibility index (Phi) is 6.55. The molecule has 2 aromatic carbocycles. The molecule has 0 unspecified atom stereocenters. The lowest BCUT2D eigenvalue weighted by atomic mass is 10.1. The highest BCUT2D eigenvalue weighted by Crippen LogP contribution is 2.22. The largest absolute Gasteiger partial charge is 0.349 e. The van der Waals surface area contributed by atoms with Gasteiger partial charge in [0.25, 0.3) is 5.56 Å². The number of amides is 1. The number of hydrogen-bond acceptors (Lipinski definition) is 5.